The lowest BCUT2D eigenvalue weighted by molar-refractivity contribution is 0.739. The van der Waals surface area contributed by atoms with E-state index in [4.69, 9.17) is 5.73 Å². The normalized spacial score (nSPS) is 12.2. The highest BCUT2D eigenvalue weighted by molar-refractivity contribution is 5.49. The van der Waals surface area contributed by atoms with Crippen molar-refractivity contribution in [2.24, 2.45) is 12.8 Å². The van der Waals surface area contributed by atoms with Gasteiger partial charge in [-0.25, -0.2) is 0 Å². The maximum Gasteiger partial charge on any atom is 0.0628 e. The summed E-state index contributed by atoms with van der Waals surface area (Å²) in [5.74, 6) is 0. The Kier molecular flexibility index (Phi) is 3.25. The molecule has 3 nitrogen and oxygen atoms in total. The zero-order chi connectivity index (χ0) is 9.84. The molecule has 1 rings (SSSR count). The number of aryl methyl sites for hydroxylation is 2. The quantitative estimate of drug-likeness (QED) is 0.761. The van der Waals surface area contributed by atoms with Crippen molar-refractivity contribution in [2.75, 3.05) is 6.54 Å². The van der Waals surface area contributed by atoms with E-state index in [1.807, 2.05) is 18.7 Å². The largest absolute Gasteiger partial charge is 0.327 e. The fraction of sp³-hybridized carbons (Fsp3) is 0.500. The van der Waals surface area contributed by atoms with Gasteiger partial charge < -0.3 is 5.73 Å². The van der Waals surface area contributed by atoms with Crippen LogP contribution in [0.3, 0.4) is 0 Å². The SMILES string of the molecule is CCc1cc(/C=C(/C)CN)n(C)n1. The van der Waals surface area contributed by atoms with Gasteiger partial charge in [-0.1, -0.05) is 12.5 Å². The molecule has 0 spiro atoms. The predicted octanol–water partition coefficient (Wildman–Crippen LogP) is 1.34. The second-order valence-corrected chi connectivity index (χ2v) is 3.23. The highest BCUT2D eigenvalue weighted by Gasteiger charge is 2.00. The summed E-state index contributed by atoms with van der Waals surface area (Å²) in [5, 5.41) is 4.35. The molecule has 0 atom stereocenters. The molecule has 0 amide bonds. The lowest BCUT2D eigenvalue weighted by atomic mass is 10.2. The first-order chi connectivity index (χ1) is 6.17. The summed E-state index contributed by atoms with van der Waals surface area (Å²) in [5.41, 5.74) is 8.93. The molecule has 0 aromatic carbocycles. The average molecular weight is 179 g/mol. The third-order valence-electron chi connectivity index (χ3n) is 2.05. The van der Waals surface area contributed by atoms with Gasteiger partial charge in [0.25, 0.3) is 0 Å². The maximum atomic E-state index is 5.51. The van der Waals surface area contributed by atoms with Gasteiger partial charge >= 0.3 is 0 Å². The van der Waals surface area contributed by atoms with E-state index in [1.165, 1.54) is 5.57 Å². The van der Waals surface area contributed by atoms with Crippen molar-refractivity contribution >= 4 is 6.08 Å². The number of aromatic nitrogens is 2. The summed E-state index contributed by atoms with van der Waals surface area (Å²) in [6, 6.07) is 2.10. The molecule has 0 aliphatic carbocycles. The van der Waals surface area contributed by atoms with E-state index in [9.17, 15) is 0 Å². The third-order valence-corrected chi connectivity index (χ3v) is 2.05. The van der Waals surface area contributed by atoms with Crippen LogP contribution in [-0.2, 0) is 13.5 Å². The van der Waals surface area contributed by atoms with Crippen molar-refractivity contribution in [1.29, 1.82) is 0 Å². The number of hydrogen-bond acceptors (Lipinski definition) is 2. The van der Waals surface area contributed by atoms with Gasteiger partial charge in [-0.3, -0.25) is 4.68 Å². The maximum absolute atomic E-state index is 5.51. The molecule has 0 aliphatic rings. The second-order valence-electron chi connectivity index (χ2n) is 3.23. The lowest BCUT2D eigenvalue weighted by Crippen LogP contribution is -2.00. The van der Waals surface area contributed by atoms with Crippen molar-refractivity contribution in [1.82, 2.24) is 9.78 Å². The first-order valence-electron chi connectivity index (χ1n) is 4.57. The van der Waals surface area contributed by atoms with Crippen LogP contribution in [0.1, 0.15) is 25.2 Å². The Morgan fingerprint density at radius 2 is 2.38 bits per heavy atom. The van der Waals surface area contributed by atoms with E-state index >= 15 is 0 Å². The first-order valence-corrected chi connectivity index (χ1v) is 4.57. The topological polar surface area (TPSA) is 43.8 Å². The summed E-state index contributed by atoms with van der Waals surface area (Å²) in [6.45, 7) is 4.73. The zero-order valence-electron chi connectivity index (χ0n) is 8.54. The van der Waals surface area contributed by atoms with Crippen LogP contribution in [0.15, 0.2) is 11.6 Å². The van der Waals surface area contributed by atoms with Crippen LogP contribution in [0.5, 0.6) is 0 Å². The minimum absolute atomic E-state index is 0.604. The van der Waals surface area contributed by atoms with E-state index in [0.717, 1.165) is 17.8 Å². The Bertz CT molecular complexity index is 310. The molecule has 2 N–H and O–H groups in total. The fourth-order valence-corrected chi connectivity index (χ4v) is 1.16. The monoisotopic (exact) mass is 179 g/mol. The Morgan fingerprint density at radius 1 is 1.69 bits per heavy atom. The molecule has 1 aromatic rings. The third kappa shape index (κ3) is 2.42. The van der Waals surface area contributed by atoms with Gasteiger partial charge in [-0.15, -0.1) is 0 Å². The van der Waals surface area contributed by atoms with Gasteiger partial charge in [-0.2, -0.15) is 5.10 Å². The van der Waals surface area contributed by atoms with Crippen molar-refractivity contribution in [3.63, 3.8) is 0 Å². The van der Waals surface area contributed by atoms with Crippen LogP contribution >= 0.6 is 0 Å². The molecular weight excluding hydrogens is 162 g/mol. The highest BCUT2D eigenvalue weighted by Crippen LogP contribution is 2.08. The van der Waals surface area contributed by atoms with E-state index in [2.05, 4.69) is 24.2 Å². The van der Waals surface area contributed by atoms with Crippen LogP contribution in [0.4, 0.5) is 0 Å². The summed E-state index contributed by atoms with van der Waals surface area (Å²) in [6.07, 6.45) is 3.05. The number of rotatable bonds is 3. The molecule has 0 radical (unpaired) electrons. The van der Waals surface area contributed by atoms with Crippen molar-refractivity contribution in [3.8, 4) is 0 Å². The lowest BCUT2D eigenvalue weighted by Gasteiger charge is -1.96. The molecule has 0 saturated heterocycles. The van der Waals surface area contributed by atoms with Crippen molar-refractivity contribution in [2.45, 2.75) is 20.3 Å². The molecule has 1 heterocycles. The van der Waals surface area contributed by atoms with Gasteiger partial charge in [0, 0.05) is 13.6 Å². The summed E-state index contributed by atoms with van der Waals surface area (Å²) in [4.78, 5) is 0. The minimum Gasteiger partial charge on any atom is -0.327 e. The van der Waals surface area contributed by atoms with E-state index in [0.29, 0.717) is 6.54 Å². The highest BCUT2D eigenvalue weighted by atomic mass is 15.3. The molecular formula is C10H17N3. The van der Waals surface area contributed by atoms with Crippen LogP contribution in [0.2, 0.25) is 0 Å². The number of hydrogen-bond donors (Lipinski definition) is 1. The number of nitrogens with zero attached hydrogens (tertiary/aromatic N) is 2. The molecule has 13 heavy (non-hydrogen) atoms. The van der Waals surface area contributed by atoms with Crippen LogP contribution in [-0.4, -0.2) is 16.3 Å². The molecule has 3 heteroatoms. The van der Waals surface area contributed by atoms with E-state index in [-0.39, 0.29) is 0 Å². The van der Waals surface area contributed by atoms with Crippen molar-refractivity contribution < 1.29 is 0 Å². The van der Waals surface area contributed by atoms with Crippen LogP contribution < -0.4 is 5.73 Å². The van der Waals surface area contributed by atoms with Gasteiger partial charge in [0.2, 0.25) is 0 Å². The van der Waals surface area contributed by atoms with Gasteiger partial charge in [-0.05, 0) is 25.5 Å². The summed E-state index contributed by atoms with van der Waals surface area (Å²) in [7, 11) is 1.95. The Morgan fingerprint density at radius 3 is 2.85 bits per heavy atom. The molecule has 0 saturated carbocycles. The molecule has 0 bridgehead atoms. The fourth-order valence-electron chi connectivity index (χ4n) is 1.16. The number of nitrogens with two attached hydrogens (primary N) is 1. The zero-order valence-corrected chi connectivity index (χ0v) is 8.54. The standard InChI is InChI=1S/C10H17N3/c1-4-9-6-10(13(3)12-9)5-8(2)7-11/h5-6H,4,7,11H2,1-3H3/b8-5-. The summed E-state index contributed by atoms with van der Waals surface area (Å²) >= 11 is 0. The molecule has 72 valence electrons. The van der Waals surface area contributed by atoms with E-state index < -0.39 is 0 Å². The van der Waals surface area contributed by atoms with Gasteiger partial charge in [0.1, 0.15) is 0 Å². The smallest absolute Gasteiger partial charge is 0.0628 e. The Hall–Kier alpha value is -1.09. The van der Waals surface area contributed by atoms with Gasteiger partial charge in [0.15, 0.2) is 0 Å². The van der Waals surface area contributed by atoms with Crippen LogP contribution in [0.25, 0.3) is 6.08 Å². The van der Waals surface area contributed by atoms with Gasteiger partial charge in [0.05, 0.1) is 11.4 Å². The molecule has 0 aliphatic heterocycles. The van der Waals surface area contributed by atoms with Crippen LogP contribution in [0, 0.1) is 0 Å². The second kappa shape index (κ2) is 4.23. The predicted molar refractivity (Wildman–Crippen MR) is 55.3 cm³/mol. The van der Waals surface area contributed by atoms with E-state index in [1.54, 1.807) is 0 Å². The Balaban J connectivity index is 2.94. The molecule has 0 unspecified atom stereocenters. The molecule has 0 fully saturated rings. The summed E-state index contributed by atoms with van der Waals surface area (Å²) < 4.78 is 1.89. The molecule has 1 aromatic heterocycles. The van der Waals surface area contributed by atoms with Crippen molar-refractivity contribution in [3.05, 3.63) is 23.0 Å². The minimum atomic E-state index is 0.604. The average Bonchev–Trinajstić information content (AvgIpc) is 2.47. The Labute approximate surface area is 79.2 Å². The first kappa shape index (κ1) is 9.99.